The fourth-order valence-electron chi connectivity index (χ4n) is 2.65. The van der Waals surface area contributed by atoms with Crippen LogP contribution in [0.4, 0.5) is 0 Å². The number of benzene rings is 1. The number of hydrogen-bond donors (Lipinski definition) is 1. The van der Waals surface area contributed by atoms with Crippen LogP contribution in [0.2, 0.25) is 0 Å². The van der Waals surface area contributed by atoms with Gasteiger partial charge in [-0.25, -0.2) is 0 Å². The number of hydrogen-bond acceptors (Lipinski definition) is 3. The van der Waals surface area contributed by atoms with Crippen LogP contribution >= 0.6 is 0 Å². The first-order chi connectivity index (χ1) is 9.33. The van der Waals surface area contributed by atoms with Crippen molar-refractivity contribution in [2.75, 3.05) is 39.3 Å². The maximum atomic E-state index is 3.43. The highest BCUT2D eigenvalue weighted by Gasteiger charge is 2.16. The van der Waals surface area contributed by atoms with Gasteiger partial charge in [0.15, 0.2) is 0 Å². The summed E-state index contributed by atoms with van der Waals surface area (Å²) in [6.07, 6.45) is 0. The third kappa shape index (κ3) is 4.30. The molecule has 3 heteroatoms. The molecule has 1 aromatic carbocycles. The SMILES string of the molecule is CCNCc1ccccc1CN1CCN(CC)CC1. The van der Waals surface area contributed by atoms with E-state index in [1.54, 1.807) is 0 Å². The molecule has 0 unspecified atom stereocenters. The van der Waals surface area contributed by atoms with Crippen LogP contribution in [0, 0.1) is 0 Å². The second kappa shape index (κ2) is 7.63. The van der Waals surface area contributed by atoms with Crippen LogP contribution in [-0.2, 0) is 13.1 Å². The molecule has 0 radical (unpaired) electrons. The van der Waals surface area contributed by atoms with Crippen molar-refractivity contribution in [1.29, 1.82) is 0 Å². The predicted octanol–water partition coefficient (Wildman–Crippen LogP) is 1.93. The van der Waals surface area contributed by atoms with Crippen molar-refractivity contribution < 1.29 is 0 Å². The summed E-state index contributed by atoms with van der Waals surface area (Å²) in [5.74, 6) is 0. The Bertz CT molecular complexity index is 370. The Balaban J connectivity index is 1.91. The number of piperazine rings is 1. The molecule has 0 aromatic heterocycles. The van der Waals surface area contributed by atoms with Gasteiger partial charge in [0.05, 0.1) is 0 Å². The monoisotopic (exact) mass is 261 g/mol. The maximum Gasteiger partial charge on any atom is 0.0238 e. The Morgan fingerprint density at radius 2 is 1.58 bits per heavy atom. The van der Waals surface area contributed by atoms with E-state index < -0.39 is 0 Å². The van der Waals surface area contributed by atoms with Gasteiger partial charge in [-0.05, 0) is 24.2 Å². The van der Waals surface area contributed by atoms with Gasteiger partial charge in [0.2, 0.25) is 0 Å². The Morgan fingerprint density at radius 3 is 2.21 bits per heavy atom. The standard InChI is InChI=1S/C16H27N3/c1-3-17-13-15-7-5-6-8-16(15)14-19-11-9-18(4-2)10-12-19/h5-8,17H,3-4,9-14H2,1-2H3. The maximum absolute atomic E-state index is 3.43. The minimum Gasteiger partial charge on any atom is -0.313 e. The van der Waals surface area contributed by atoms with Crippen molar-refractivity contribution in [3.63, 3.8) is 0 Å². The summed E-state index contributed by atoms with van der Waals surface area (Å²) in [6, 6.07) is 8.83. The Hall–Kier alpha value is -0.900. The molecule has 1 N–H and O–H groups in total. The summed E-state index contributed by atoms with van der Waals surface area (Å²) in [5, 5.41) is 3.43. The number of nitrogens with one attached hydrogen (secondary N) is 1. The molecule has 0 saturated carbocycles. The molecule has 106 valence electrons. The van der Waals surface area contributed by atoms with Crippen LogP contribution in [0.5, 0.6) is 0 Å². The van der Waals surface area contributed by atoms with E-state index in [-0.39, 0.29) is 0 Å². The zero-order valence-corrected chi connectivity index (χ0v) is 12.4. The minimum atomic E-state index is 0.988. The number of rotatable bonds is 6. The molecular formula is C16H27N3. The summed E-state index contributed by atoms with van der Waals surface area (Å²) in [4.78, 5) is 5.11. The first-order valence-corrected chi connectivity index (χ1v) is 7.55. The van der Waals surface area contributed by atoms with Crippen LogP contribution in [0.25, 0.3) is 0 Å². The van der Waals surface area contributed by atoms with Crippen molar-refractivity contribution in [3.8, 4) is 0 Å². The first-order valence-electron chi connectivity index (χ1n) is 7.55. The van der Waals surface area contributed by atoms with E-state index >= 15 is 0 Å². The molecule has 0 bridgehead atoms. The molecule has 1 aromatic rings. The number of nitrogens with zero attached hydrogens (tertiary/aromatic N) is 2. The van der Waals surface area contributed by atoms with Gasteiger partial charge < -0.3 is 10.2 Å². The van der Waals surface area contributed by atoms with E-state index in [1.807, 2.05) is 0 Å². The van der Waals surface area contributed by atoms with Crippen LogP contribution in [0.1, 0.15) is 25.0 Å². The molecule has 19 heavy (non-hydrogen) atoms. The molecule has 2 rings (SSSR count). The molecule has 1 saturated heterocycles. The fourth-order valence-corrected chi connectivity index (χ4v) is 2.65. The van der Waals surface area contributed by atoms with Crippen molar-refractivity contribution >= 4 is 0 Å². The van der Waals surface area contributed by atoms with E-state index in [0.717, 1.165) is 19.6 Å². The molecule has 0 amide bonds. The lowest BCUT2D eigenvalue weighted by Gasteiger charge is -2.34. The lowest BCUT2D eigenvalue weighted by molar-refractivity contribution is 0.131. The summed E-state index contributed by atoms with van der Waals surface area (Å²) >= 11 is 0. The van der Waals surface area contributed by atoms with Gasteiger partial charge in [0, 0.05) is 39.3 Å². The van der Waals surface area contributed by atoms with Gasteiger partial charge in [-0.15, -0.1) is 0 Å². The molecule has 3 nitrogen and oxygen atoms in total. The van der Waals surface area contributed by atoms with Gasteiger partial charge in [-0.1, -0.05) is 38.1 Å². The lowest BCUT2D eigenvalue weighted by atomic mass is 10.1. The third-order valence-corrected chi connectivity index (χ3v) is 3.99. The zero-order valence-electron chi connectivity index (χ0n) is 12.4. The second-order valence-electron chi connectivity index (χ2n) is 5.26. The highest BCUT2D eigenvalue weighted by molar-refractivity contribution is 5.27. The van der Waals surface area contributed by atoms with E-state index in [0.29, 0.717) is 0 Å². The first kappa shape index (κ1) is 14.5. The van der Waals surface area contributed by atoms with Crippen LogP contribution in [-0.4, -0.2) is 49.1 Å². The van der Waals surface area contributed by atoms with Crippen molar-refractivity contribution in [2.45, 2.75) is 26.9 Å². The quantitative estimate of drug-likeness (QED) is 0.844. The van der Waals surface area contributed by atoms with Crippen molar-refractivity contribution in [1.82, 2.24) is 15.1 Å². The molecule has 1 fully saturated rings. The Kier molecular flexibility index (Phi) is 5.83. The van der Waals surface area contributed by atoms with Gasteiger partial charge in [0.1, 0.15) is 0 Å². The van der Waals surface area contributed by atoms with Crippen LogP contribution < -0.4 is 5.32 Å². The van der Waals surface area contributed by atoms with Gasteiger partial charge in [-0.3, -0.25) is 4.90 Å². The molecular weight excluding hydrogens is 234 g/mol. The average Bonchev–Trinajstić information content (AvgIpc) is 2.47. The van der Waals surface area contributed by atoms with E-state index in [2.05, 4.69) is 53.2 Å². The van der Waals surface area contributed by atoms with E-state index in [1.165, 1.54) is 43.9 Å². The zero-order chi connectivity index (χ0) is 13.5. The van der Waals surface area contributed by atoms with Crippen molar-refractivity contribution in [2.24, 2.45) is 0 Å². The summed E-state index contributed by atoms with van der Waals surface area (Å²) < 4.78 is 0. The highest BCUT2D eigenvalue weighted by atomic mass is 15.3. The predicted molar refractivity (Wildman–Crippen MR) is 81.2 cm³/mol. The summed E-state index contributed by atoms with van der Waals surface area (Å²) in [6.45, 7) is 13.5. The summed E-state index contributed by atoms with van der Waals surface area (Å²) in [7, 11) is 0. The van der Waals surface area contributed by atoms with Gasteiger partial charge >= 0.3 is 0 Å². The number of likely N-dealkylation sites (N-methyl/N-ethyl adjacent to an activating group) is 1. The van der Waals surface area contributed by atoms with E-state index in [9.17, 15) is 0 Å². The lowest BCUT2D eigenvalue weighted by Crippen LogP contribution is -2.45. The molecule has 0 atom stereocenters. The molecule has 1 aliphatic rings. The Morgan fingerprint density at radius 1 is 0.947 bits per heavy atom. The minimum absolute atomic E-state index is 0.988. The third-order valence-electron chi connectivity index (χ3n) is 3.99. The molecule has 1 aliphatic heterocycles. The summed E-state index contributed by atoms with van der Waals surface area (Å²) in [5.41, 5.74) is 2.93. The topological polar surface area (TPSA) is 18.5 Å². The largest absolute Gasteiger partial charge is 0.313 e. The van der Waals surface area contributed by atoms with Crippen LogP contribution in [0.15, 0.2) is 24.3 Å². The normalized spacial score (nSPS) is 17.8. The smallest absolute Gasteiger partial charge is 0.0238 e. The van der Waals surface area contributed by atoms with Gasteiger partial charge in [0.25, 0.3) is 0 Å². The fraction of sp³-hybridized carbons (Fsp3) is 0.625. The van der Waals surface area contributed by atoms with Crippen LogP contribution in [0.3, 0.4) is 0 Å². The highest BCUT2D eigenvalue weighted by Crippen LogP contribution is 2.13. The van der Waals surface area contributed by atoms with E-state index in [4.69, 9.17) is 0 Å². The second-order valence-corrected chi connectivity index (χ2v) is 5.26. The molecule has 0 aliphatic carbocycles. The van der Waals surface area contributed by atoms with Gasteiger partial charge in [-0.2, -0.15) is 0 Å². The molecule has 1 heterocycles. The Labute approximate surface area is 117 Å². The molecule has 0 spiro atoms. The average molecular weight is 261 g/mol. The van der Waals surface area contributed by atoms with Crippen molar-refractivity contribution in [3.05, 3.63) is 35.4 Å².